The summed E-state index contributed by atoms with van der Waals surface area (Å²) in [6.45, 7) is 7.03. The monoisotopic (exact) mass is 162 g/mol. The van der Waals surface area contributed by atoms with E-state index in [0.717, 1.165) is 11.8 Å². The summed E-state index contributed by atoms with van der Waals surface area (Å²) in [5.74, 6) is 1.80. The molecule has 0 heteroatoms. The van der Waals surface area contributed by atoms with Crippen LogP contribution in [0.25, 0.3) is 0 Å². The van der Waals surface area contributed by atoms with E-state index >= 15 is 0 Å². The Labute approximate surface area is 75.4 Å². The van der Waals surface area contributed by atoms with Crippen molar-refractivity contribution < 1.29 is 0 Å². The molecule has 2 aliphatic carbocycles. The summed E-state index contributed by atoms with van der Waals surface area (Å²) >= 11 is 0. The molecule has 0 aromatic carbocycles. The summed E-state index contributed by atoms with van der Waals surface area (Å²) in [6.07, 6.45) is 6.36. The van der Waals surface area contributed by atoms with E-state index < -0.39 is 0 Å². The molecule has 2 rings (SSSR count). The highest BCUT2D eigenvalue weighted by molar-refractivity contribution is 5.40. The molecule has 0 heterocycles. The number of allylic oxidation sites excluding steroid dienone is 4. The molecule has 0 aromatic rings. The van der Waals surface area contributed by atoms with Gasteiger partial charge < -0.3 is 0 Å². The normalized spacial score (nSPS) is 35.1. The quantitative estimate of drug-likeness (QED) is 0.509. The molecule has 0 spiro atoms. The summed E-state index contributed by atoms with van der Waals surface area (Å²) in [4.78, 5) is 0. The number of hydrogen-bond donors (Lipinski definition) is 0. The van der Waals surface area contributed by atoms with Crippen LogP contribution in [0.15, 0.2) is 22.8 Å². The molecule has 0 amide bonds. The fraction of sp³-hybridized carbons (Fsp3) is 0.667. The van der Waals surface area contributed by atoms with Gasteiger partial charge in [-0.1, -0.05) is 31.1 Å². The molecule has 0 radical (unpaired) electrons. The Balaban J connectivity index is 2.20. The molecule has 0 saturated carbocycles. The molecular formula is C12H18. The van der Waals surface area contributed by atoms with Crippen LogP contribution in [0.1, 0.15) is 40.0 Å². The highest BCUT2D eigenvalue weighted by Gasteiger charge is 2.25. The largest absolute Gasteiger partial charge is 0.0690 e. The predicted molar refractivity (Wildman–Crippen MR) is 53.0 cm³/mol. The first kappa shape index (κ1) is 8.10. The Hall–Kier alpha value is -0.520. The van der Waals surface area contributed by atoms with Crippen molar-refractivity contribution in [3.63, 3.8) is 0 Å². The molecule has 0 fully saturated rings. The third-order valence-corrected chi connectivity index (χ3v) is 3.45. The van der Waals surface area contributed by atoms with Gasteiger partial charge in [0, 0.05) is 0 Å². The summed E-state index contributed by atoms with van der Waals surface area (Å²) in [5.41, 5.74) is 4.97. The summed E-state index contributed by atoms with van der Waals surface area (Å²) < 4.78 is 0. The van der Waals surface area contributed by atoms with Crippen LogP contribution in [0.4, 0.5) is 0 Å². The Morgan fingerprint density at radius 3 is 2.58 bits per heavy atom. The average molecular weight is 162 g/mol. The molecule has 0 aliphatic heterocycles. The van der Waals surface area contributed by atoms with Gasteiger partial charge in [0.2, 0.25) is 0 Å². The lowest BCUT2D eigenvalue weighted by Gasteiger charge is -2.27. The van der Waals surface area contributed by atoms with Gasteiger partial charge in [-0.05, 0) is 43.6 Å². The maximum absolute atomic E-state index is 2.41. The summed E-state index contributed by atoms with van der Waals surface area (Å²) in [7, 11) is 0. The van der Waals surface area contributed by atoms with Gasteiger partial charge in [0.05, 0.1) is 0 Å². The van der Waals surface area contributed by atoms with Crippen molar-refractivity contribution in [3.8, 4) is 0 Å². The van der Waals surface area contributed by atoms with Gasteiger partial charge >= 0.3 is 0 Å². The highest BCUT2D eigenvalue weighted by Crippen LogP contribution is 2.40. The van der Waals surface area contributed by atoms with Crippen LogP contribution < -0.4 is 0 Å². The third-order valence-electron chi connectivity index (χ3n) is 3.45. The number of hydrogen-bond acceptors (Lipinski definition) is 0. The standard InChI is InChI=1S/C12H18/c1-8-4-11-6-9(2)10(3)7-12(11)5-8/h4,9-10H,5-7H2,1-3H3. The smallest absolute Gasteiger partial charge is 0.0102 e. The second-order valence-electron chi connectivity index (χ2n) is 4.66. The van der Waals surface area contributed by atoms with Gasteiger partial charge in [0.1, 0.15) is 0 Å². The van der Waals surface area contributed by atoms with Crippen molar-refractivity contribution in [2.45, 2.75) is 40.0 Å². The SMILES string of the molecule is CC1=CC2=C(C1)CC(C)C(C)C2. The van der Waals surface area contributed by atoms with Gasteiger partial charge in [0.25, 0.3) is 0 Å². The van der Waals surface area contributed by atoms with Gasteiger partial charge in [-0.15, -0.1) is 0 Å². The Morgan fingerprint density at radius 1 is 1.17 bits per heavy atom. The van der Waals surface area contributed by atoms with E-state index in [1.807, 2.05) is 0 Å². The zero-order chi connectivity index (χ0) is 8.72. The van der Waals surface area contributed by atoms with Crippen molar-refractivity contribution in [3.05, 3.63) is 22.8 Å². The zero-order valence-corrected chi connectivity index (χ0v) is 8.35. The van der Waals surface area contributed by atoms with Gasteiger partial charge in [0.15, 0.2) is 0 Å². The molecule has 12 heavy (non-hydrogen) atoms. The molecule has 0 nitrogen and oxygen atoms in total. The molecular weight excluding hydrogens is 144 g/mol. The minimum absolute atomic E-state index is 0.894. The van der Waals surface area contributed by atoms with Crippen molar-refractivity contribution in [1.82, 2.24) is 0 Å². The average Bonchev–Trinajstić information content (AvgIpc) is 2.30. The van der Waals surface area contributed by atoms with Crippen LogP contribution >= 0.6 is 0 Å². The molecule has 2 atom stereocenters. The fourth-order valence-electron chi connectivity index (χ4n) is 2.45. The van der Waals surface area contributed by atoms with E-state index in [0.29, 0.717) is 0 Å². The van der Waals surface area contributed by atoms with E-state index in [1.165, 1.54) is 19.3 Å². The topological polar surface area (TPSA) is 0 Å². The lowest BCUT2D eigenvalue weighted by atomic mass is 9.79. The van der Waals surface area contributed by atoms with Crippen molar-refractivity contribution in [2.24, 2.45) is 11.8 Å². The van der Waals surface area contributed by atoms with E-state index in [9.17, 15) is 0 Å². The molecule has 2 aliphatic rings. The number of rotatable bonds is 0. The van der Waals surface area contributed by atoms with Crippen molar-refractivity contribution >= 4 is 0 Å². The fourth-order valence-corrected chi connectivity index (χ4v) is 2.45. The molecule has 0 saturated heterocycles. The zero-order valence-electron chi connectivity index (χ0n) is 8.35. The summed E-state index contributed by atoms with van der Waals surface area (Å²) in [5, 5.41) is 0. The third kappa shape index (κ3) is 1.24. The van der Waals surface area contributed by atoms with Crippen molar-refractivity contribution in [1.29, 1.82) is 0 Å². The maximum Gasteiger partial charge on any atom is -0.0102 e. The highest BCUT2D eigenvalue weighted by atomic mass is 14.3. The molecule has 66 valence electrons. The second-order valence-corrected chi connectivity index (χ2v) is 4.66. The lowest BCUT2D eigenvalue weighted by molar-refractivity contribution is 0.362. The van der Waals surface area contributed by atoms with Gasteiger partial charge in [-0.2, -0.15) is 0 Å². The van der Waals surface area contributed by atoms with Crippen molar-refractivity contribution in [2.75, 3.05) is 0 Å². The Kier molecular flexibility index (Phi) is 1.86. The lowest BCUT2D eigenvalue weighted by Crippen LogP contribution is -2.14. The van der Waals surface area contributed by atoms with E-state index in [1.54, 1.807) is 16.7 Å². The maximum atomic E-state index is 2.41. The first-order valence-electron chi connectivity index (χ1n) is 5.05. The van der Waals surface area contributed by atoms with Crippen LogP contribution in [0, 0.1) is 11.8 Å². The van der Waals surface area contributed by atoms with Crippen LogP contribution in [-0.4, -0.2) is 0 Å². The van der Waals surface area contributed by atoms with E-state index in [4.69, 9.17) is 0 Å². The molecule has 0 aromatic heterocycles. The van der Waals surface area contributed by atoms with Crippen LogP contribution in [0.3, 0.4) is 0 Å². The second kappa shape index (κ2) is 2.76. The summed E-state index contributed by atoms with van der Waals surface area (Å²) in [6, 6.07) is 0. The van der Waals surface area contributed by atoms with E-state index in [-0.39, 0.29) is 0 Å². The van der Waals surface area contributed by atoms with Crippen LogP contribution in [-0.2, 0) is 0 Å². The minimum Gasteiger partial charge on any atom is -0.0690 e. The van der Waals surface area contributed by atoms with E-state index in [2.05, 4.69) is 26.8 Å². The Bertz CT molecular complexity index is 255. The van der Waals surface area contributed by atoms with Crippen LogP contribution in [0.2, 0.25) is 0 Å². The van der Waals surface area contributed by atoms with Gasteiger partial charge in [-0.25, -0.2) is 0 Å². The molecule has 0 bridgehead atoms. The molecule has 2 unspecified atom stereocenters. The van der Waals surface area contributed by atoms with Crippen LogP contribution in [0.5, 0.6) is 0 Å². The first-order valence-corrected chi connectivity index (χ1v) is 5.05. The predicted octanol–water partition coefficient (Wildman–Crippen LogP) is 3.70. The molecule has 0 N–H and O–H groups in total. The minimum atomic E-state index is 0.894. The first-order chi connectivity index (χ1) is 5.66. The van der Waals surface area contributed by atoms with Gasteiger partial charge in [-0.3, -0.25) is 0 Å². The Morgan fingerprint density at radius 2 is 1.83 bits per heavy atom.